The summed E-state index contributed by atoms with van der Waals surface area (Å²) < 4.78 is 0. The summed E-state index contributed by atoms with van der Waals surface area (Å²) in [5.41, 5.74) is 7.66. The number of imide groups is 1. The van der Waals surface area contributed by atoms with Gasteiger partial charge in [-0.3, -0.25) is 14.5 Å². The van der Waals surface area contributed by atoms with Gasteiger partial charge in [-0.2, -0.15) is 0 Å². The monoisotopic (exact) mass is 340 g/mol. The second-order valence-electron chi connectivity index (χ2n) is 5.99. The van der Waals surface area contributed by atoms with Gasteiger partial charge >= 0.3 is 0 Å². The molecule has 2 rings (SSSR count). The molecule has 0 aliphatic carbocycles. The summed E-state index contributed by atoms with van der Waals surface area (Å²) in [6.07, 6.45) is 1.76. The molecule has 1 aromatic rings. The van der Waals surface area contributed by atoms with Gasteiger partial charge in [0.25, 0.3) is 11.1 Å². The van der Waals surface area contributed by atoms with Gasteiger partial charge in [-0.25, -0.2) is 0 Å². The first-order valence-electron chi connectivity index (χ1n) is 6.89. The molecule has 0 spiro atoms. The minimum Gasteiger partial charge on any atom is -0.329 e. The predicted octanol–water partition coefficient (Wildman–Crippen LogP) is 3.40. The Morgan fingerprint density at radius 2 is 1.77 bits per heavy atom. The Balaban J connectivity index is 0.00000242. The van der Waals surface area contributed by atoms with Gasteiger partial charge in [0.05, 0.1) is 4.91 Å². The first kappa shape index (κ1) is 18.7. The molecule has 22 heavy (non-hydrogen) atoms. The van der Waals surface area contributed by atoms with Crippen LogP contribution < -0.4 is 5.73 Å². The van der Waals surface area contributed by atoms with Crippen LogP contribution in [0.4, 0.5) is 4.79 Å². The zero-order valence-corrected chi connectivity index (χ0v) is 14.6. The van der Waals surface area contributed by atoms with Gasteiger partial charge < -0.3 is 5.73 Å². The number of benzene rings is 1. The number of rotatable bonds is 3. The Labute approximate surface area is 141 Å². The molecule has 1 aliphatic rings. The van der Waals surface area contributed by atoms with Crippen LogP contribution in [0.15, 0.2) is 29.2 Å². The maximum absolute atomic E-state index is 12.1. The van der Waals surface area contributed by atoms with E-state index in [-0.39, 0.29) is 42.1 Å². The molecule has 2 N–H and O–H groups in total. The first-order valence-corrected chi connectivity index (χ1v) is 7.70. The molecule has 0 saturated carbocycles. The molecule has 1 saturated heterocycles. The Hall–Kier alpha value is -1.30. The highest BCUT2D eigenvalue weighted by Gasteiger charge is 2.34. The van der Waals surface area contributed by atoms with E-state index in [4.69, 9.17) is 5.73 Å². The molecule has 0 unspecified atom stereocenters. The van der Waals surface area contributed by atoms with Crippen LogP contribution in [0.25, 0.3) is 6.08 Å². The standard InChI is InChI=1S/C16H20N2O2S.ClH/c1-16(2,3)12-6-4-11(5-7-12)10-13-14(19)18(9-8-17)15(20)21-13;/h4-7,10H,8-9,17H2,1-3H3;1H/b13-10-;. The zero-order valence-electron chi connectivity index (χ0n) is 13.0. The fourth-order valence-electron chi connectivity index (χ4n) is 2.05. The SMILES string of the molecule is CC(C)(C)c1ccc(/C=C2\SC(=O)N(CCN)C2=O)cc1.Cl. The number of hydrogen-bond acceptors (Lipinski definition) is 4. The summed E-state index contributed by atoms with van der Waals surface area (Å²) in [5.74, 6) is -0.254. The second-order valence-corrected chi connectivity index (χ2v) is 6.99. The Kier molecular flexibility index (Phi) is 6.23. The lowest BCUT2D eigenvalue weighted by molar-refractivity contribution is -0.122. The normalized spacial score (nSPS) is 17.1. The van der Waals surface area contributed by atoms with Crippen LogP contribution in [0.5, 0.6) is 0 Å². The molecule has 4 nitrogen and oxygen atoms in total. The molecule has 2 amide bonds. The zero-order chi connectivity index (χ0) is 15.6. The van der Waals surface area contributed by atoms with Crippen molar-refractivity contribution in [1.29, 1.82) is 0 Å². The summed E-state index contributed by atoms with van der Waals surface area (Å²) >= 11 is 0.969. The fraction of sp³-hybridized carbons (Fsp3) is 0.375. The van der Waals surface area contributed by atoms with Gasteiger partial charge in [-0.1, -0.05) is 45.0 Å². The molecule has 1 aliphatic heterocycles. The van der Waals surface area contributed by atoms with Crippen LogP contribution >= 0.6 is 24.2 Å². The lowest BCUT2D eigenvalue weighted by Gasteiger charge is -2.18. The van der Waals surface area contributed by atoms with E-state index in [0.717, 1.165) is 17.3 Å². The Bertz CT molecular complexity index is 591. The topological polar surface area (TPSA) is 63.4 Å². The summed E-state index contributed by atoms with van der Waals surface area (Å²) in [4.78, 5) is 25.5. The Morgan fingerprint density at radius 1 is 1.18 bits per heavy atom. The molecule has 0 radical (unpaired) electrons. The number of amides is 2. The lowest BCUT2D eigenvalue weighted by atomic mass is 9.87. The highest BCUT2D eigenvalue weighted by Crippen LogP contribution is 2.32. The second kappa shape index (κ2) is 7.31. The summed E-state index contributed by atoms with van der Waals surface area (Å²) in [6, 6.07) is 8.04. The summed E-state index contributed by atoms with van der Waals surface area (Å²) in [6.45, 7) is 7.01. The quantitative estimate of drug-likeness (QED) is 0.856. The maximum Gasteiger partial charge on any atom is 0.293 e. The predicted molar refractivity (Wildman–Crippen MR) is 94.1 cm³/mol. The van der Waals surface area contributed by atoms with E-state index in [9.17, 15) is 9.59 Å². The number of hydrogen-bond donors (Lipinski definition) is 1. The maximum atomic E-state index is 12.1. The van der Waals surface area contributed by atoms with Crippen LogP contribution in [-0.4, -0.2) is 29.1 Å². The van der Waals surface area contributed by atoms with E-state index >= 15 is 0 Å². The van der Waals surface area contributed by atoms with E-state index in [1.165, 1.54) is 10.5 Å². The minimum atomic E-state index is -0.254. The van der Waals surface area contributed by atoms with E-state index in [1.807, 2.05) is 12.1 Å². The average molecular weight is 341 g/mol. The highest BCUT2D eigenvalue weighted by atomic mass is 35.5. The van der Waals surface area contributed by atoms with Crippen molar-refractivity contribution in [2.24, 2.45) is 5.73 Å². The van der Waals surface area contributed by atoms with Crippen molar-refractivity contribution in [2.45, 2.75) is 26.2 Å². The number of halogens is 1. The summed E-state index contributed by atoms with van der Waals surface area (Å²) in [7, 11) is 0. The largest absolute Gasteiger partial charge is 0.329 e. The molecule has 1 fully saturated rings. The van der Waals surface area contributed by atoms with Gasteiger partial charge in [0.2, 0.25) is 0 Å². The van der Waals surface area contributed by atoms with E-state index < -0.39 is 0 Å². The van der Waals surface area contributed by atoms with E-state index in [0.29, 0.717) is 4.91 Å². The third-order valence-corrected chi connectivity index (χ3v) is 4.21. The molecule has 0 aromatic heterocycles. The van der Waals surface area contributed by atoms with Gasteiger partial charge in [0.15, 0.2) is 0 Å². The molecule has 0 atom stereocenters. The highest BCUT2D eigenvalue weighted by molar-refractivity contribution is 8.18. The van der Waals surface area contributed by atoms with Crippen LogP contribution in [-0.2, 0) is 10.2 Å². The van der Waals surface area contributed by atoms with Crippen molar-refractivity contribution in [3.05, 3.63) is 40.3 Å². The molecular formula is C16H21ClN2O2S. The number of carbonyl (C=O) groups excluding carboxylic acids is 2. The van der Waals surface area contributed by atoms with Gasteiger partial charge in [0.1, 0.15) is 0 Å². The number of nitrogens with two attached hydrogens (primary N) is 1. The smallest absolute Gasteiger partial charge is 0.293 e. The molecular weight excluding hydrogens is 320 g/mol. The molecule has 1 heterocycles. The van der Waals surface area contributed by atoms with Crippen molar-refractivity contribution >= 4 is 41.4 Å². The van der Waals surface area contributed by atoms with Crippen molar-refractivity contribution in [3.8, 4) is 0 Å². The average Bonchev–Trinajstić information content (AvgIpc) is 2.66. The van der Waals surface area contributed by atoms with Crippen LogP contribution in [0.1, 0.15) is 31.9 Å². The molecule has 120 valence electrons. The summed E-state index contributed by atoms with van der Waals surface area (Å²) in [5, 5.41) is -0.247. The van der Waals surface area contributed by atoms with Crippen LogP contribution in [0.3, 0.4) is 0 Å². The molecule has 1 aromatic carbocycles. The van der Waals surface area contributed by atoms with Gasteiger partial charge in [-0.15, -0.1) is 12.4 Å². The molecule has 0 bridgehead atoms. The van der Waals surface area contributed by atoms with Crippen LogP contribution in [0, 0.1) is 0 Å². The fourth-order valence-corrected chi connectivity index (χ4v) is 2.92. The lowest BCUT2D eigenvalue weighted by Crippen LogP contribution is -2.33. The van der Waals surface area contributed by atoms with Crippen molar-refractivity contribution in [1.82, 2.24) is 4.90 Å². The van der Waals surface area contributed by atoms with Crippen LogP contribution in [0.2, 0.25) is 0 Å². The van der Waals surface area contributed by atoms with E-state index in [2.05, 4.69) is 32.9 Å². The third kappa shape index (κ3) is 4.12. The van der Waals surface area contributed by atoms with Crippen molar-refractivity contribution in [2.75, 3.05) is 13.1 Å². The van der Waals surface area contributed by atoms with Crippen molar-refractivity contribution in [3.63, 3.8) is 0 Å². The first-order chi connectivity index (χ1) is 9.82. The number of carbonyl (C=O) groups is 2. The van der Waals surface area contributed by atoms with E-state index in [1.54, 1.807) is 6.08 Å². The number of thioether (sulfide) groups is 1. The Morgan fingerprint density at radius 3 is 2.27 bits per heavy atom. The molecule has 6 heteroatoms. The van der Waals surface area contributed by atoms with Gasteiger partial charge in [-0.05, 0) is 34.4 Å². The van der Waals surface area contributed by atoms with Gasteiger partial charge in [0, 0.05) is 13.1 Å². The third-order valence-electron chi connectivity index (χ3n) is 3.30. The van der Waals surface area contributed by atoms with Crippen molar-refractivity contribution < 1.29 is 9.59 Å². The minimum absolute atomic E-state index is 0. The number of nitrogens with zero attached hydrogens (tertiary/aromatic N) is 1.